The van der Waals surface area contributed by atoms with Crippen molar-refractivity contribution >= 4 is 0 Å². The summed E-state index contributed by atoms with van der Waals surface area (Å²) in [6, 6.07) is 9.49. The molecule has 0 aliphatic carbocycles. The molecule has 0 radical (unpaired) electrons. The van der Waals surface area contributed by atoms with Crippen LogP contribution in [0.15, 0.2) is 36.8 Å². The minimum Gasteiger partial charge on any atom is -0.328 e. The number of nitrogens with zero attached hydrogens (tertiary/aromatic N) is 2. The highest BCUT2D eigenvalue weighted by Crippen LogP contribution is 2.24. The van der Waals surface area contributed by atoms with Gasteiger partial charge in [0.15, 0.2) is 0 Å². The largest absolute Gasteiger partial charge is 0.328 e. The Morgan fingerprint density at radius 2 is 1.78 bits per heavy atom. The first-order chi connectivity index (χ1) is 8.63. The zero-order valence-electron chi connectivity index (χ0n) is 11.5. The van der Waals surface area contributed by atoms with Gasteiger partial charge in [-0.1, -0.05) is 24.3 Å². The van der Waals surface area contributed by atoms with Crippen LogP contribution in [0.4, 0.5) is 0 Å². The van der Waals surface area contributed by atoms with E-state index in [4.69, 9.17) is 0 Å². The fourth-order valence-corrected chi connectivity index (χ4v) is 2.05. The normalized spacial score (nSPS) is 12.9. The van der Waals surface area contributed by atoms with Crippen LogP contribution in [0.5, 0.6) is 0 Å². The van der Waals surface area contributed by atoms with E-state index in [1.165, 1.54) is 16.8 Å². The van der Waals surface area contributed by atoms with Gasteiger partial charge < -0.3 is 9.88 Å². The van der Waals surface area contributed by atoms with Crippen LogP contribution in [0, 0.1) is 0 Å². The molecule has 0 fully saturated rings. The Balaban J connectivity index is 2.32. The summed E-state index contributed by atoms with van der Waals surface area (Å²) >= 11 is 0. The fraction of sp³-hybridized carbons (Fsp3) is 0.400. The maximum absolute atomic E-state index is 4.24. The summed E-state index contributed by atoms with van der Waals surface area (Å²) in [5.41, 5.74) is 3.69. The van der Waals surface area contributed by atoms with E-state index in [0.717, 1.165) is 0 Å². The van der Waals surface area contributed by atoms with Gasteiger partial charge in [-0.3, -0.25) is 0 Å². The van der Waals surface area contributed by atoms with Crippen molar-refractivity contribution in [2.45, 2.75) is 32.9 Å². The second-order valence-electron chi connectivity index (χ2n) is 4.91. The first-order valence-electron chi connectivity index (χ1n) is 6.43. The fourth-order valence-electron chi connectivity index (χ4n) is 2.05. The van der Waals surface area contributed by atoms with Crippen LogP contribution in [0.1, 0.15) is 38.4 Å². The van der Waals surface area contributed by atoms with Gasteiger partial charge in [0.1, 0.15) is 0 Å². The van der Waals surface area contributed by atoms with Gasteiger partial charge in [0.2, 0.25) is 0 Å². The molecule has 3 heteroatoms. The molecule has 2 aromatic rings. The Morgan fingerprint density at radius 3 is 2.33 bits per heavy atom. The molecule has 0 bridgehead atoms. The lowest BCUT2D eigenvalue weighted by atomic mass is 10.0. The van der Waals surface area contributed by atoms with Crippen LogP contribution < -0.4 is 5.32 Å². The maximum Gasteiger partial charge on any atom is 0.0953 e. The molecule has 0 amide bonds. The first kappa shape index (κ1) is 12.8. The van der Waals surface area contributed by atoms with Crippen LogP contribution in [0.2, 0.25) is 0 Å². The molecular formula is C15H21N3. The molecular weight excluding hydrogens is 222 g/mol. The van der Waals surface area contributed by atoms with Gasteiger partial charge in [0.05, 0.1) is 18.2 Å². The Labute approximate surface area is 109 Å². The summed E-state index contributed by atoms with van der Waals surface area (Å²) in [7, 11) is 1.98. The minimum atomic E-state index is 0.383. The van der Waals surface area contributed by atoms with Gasteiger partial charge in [-0.05, 0) is 38.9 Å². The predicted octanol–water partition coefficient (Wildman–Crippen LogP) is 3.41. The number of imidazole rings is 1. The van der Waals surface area contributed by atoms with Gasteiger partial charge >= 0.3 is 0 Å². The van der Waals surface area contributed by atoms with Crippen molar-refractivity contribution < 1.29 is 0 Å². The summed E-state index contributed by atoms with van der Waals surface area (Å²) in [5, 5.41) is 3.25. The number of aromatic nitrogens is 2. The molecule has 2 rings (SSSR count). The minimum absolute atomic E-state index is 0.383. The summed E-state index contributed by atoms with van der Waals surface area (Å²) in [6.45, 7) is 6.50. The van der Waals surface area contributed by atoms with Crippen molar-refractivity contribution in [1.82, 2.24) is 14.9 Å². The summed E-state index contributed by atoms with van der Waals surface area (Å²) in [6.07, 6.45) is 3.82. The second kappa shape index (κ2) is 5.36. The van der Waals surface area contributed by atoms with Crippen molar-refractivity contribution in [3.63, 3.8) is 0 Å². The Morgan fingerprint density at radius 1 is 1.11 bits per heavy atom. The number of nitrogens with one attached hydrogen (secondary N) is 1. The molecule has 0 saturated heterocycles. The van der Waals surface area contributed by atoms with E-state index in [-0.39, 0.29) is 0 Å². The molecule has 1 heterocycles. The third-order valence-electron chi connectivity index (χ3n) is 3.36. The zero-order valence-corrected chi connectivity index (χ0v) is 11.5. The highest BCUT2D eigenvalue weighted by Gasteiger charge is 2.08. The topological polar surface area (TPSA) is 29.9 Å². The van der Waals surface area contributed by atoms with Gasteiger partial charge in [0, 0.05) is 12.1 Å². The van der Waals surface area contributed by atoms with Gasteiger partial charge in [-0.15, -0.1) is 0 Å². The second-order valence-corrected chi connectivity index (χ2v) is 4.91. The molecule has 0 aliphatic rings. The van der Waals surface area contributed by atoms with Crippen molar-refractivity contribution in [2.24, 2.45) is 0 Å². The number of benzene rings is 1. The van der Waals surface area contributed by atoms with E-state index in [1.54, 1.807) is 0 Å². The quantitative estimate of drug-likeness (QED) is 0.891. The van der Waals surface area contributed by atoms with E-state index >= 15 is 0 Å². The summed E-state index contributed by atoms with van der Waals surface area (Å²) in [4.78, 5) is 4.24. The SMILES string of the molecule is CNC(C)c1ccc(-c2cncn2C(C)C)cc1. The average molecular weight is 243 g/mol. The lowest BCUT2D eigenvalue weighted by molar-refractivity contribution is 0.605. The van der Waals surface area contributed by atoms with Gasteiger partial charge in [-0.2, -0.15) is 0 Å². The van der Waals surface area contributed by atoms with Gasteiger partial charge in [0.25, 0.3) is 0 Å². The van der Waals surface area contributed by atoms with Crippen LogP contribution in [0.3, 0.4) is 0 Å². The smallest absolute Gasteiger partial charge is 0.0953 e. The van der Waals surface area contributed by atoms with Crippen molar-refractivity contribution in [3.05, 3.63) is 42.4 Å². The predicted molar refractivity (Wildman–Crippen MR) is 75.5 cm³/mol. The van der Waals surface area contributed by atoms with Crippen molar-refractivity contribution in [2.75, 3.05) is 7.05 Å². The monoisotopic (exact) mass is 243 g/mol. The first-order valence-corrected chi connectivity index (χ1v) is 6.43. The summed E-state index contributed by atoms with van der Waals surface area (Å²) < 4.78 is 2.19. The highest BCUT2D eigenvalue weighted by molar-refractivity contribution is 5.59. The third-order valence-corrected chi connectivity index (χ3v) is 3.36. The van der Waals surface area contributed by atoms with Crippen LogP contribution in [0.25, 0.3) is 11.3 Å². The standard InChI is InChI=1S/C15H21N3/c1-11(2)18-10-17-9-15(18)14-7-5-13(6-8-14)12(3)16-4/h5-12,16H,1-4H3. The van der Waals surface area contributed by atoms with Crippen LogP contribution in [-0.2, 0) is 0 Å². The van der Waals surface area contributed by atoms with E-state index in [1.807, 2.05) is 19.6 Å². The third kappa shape index (κ3) is 2.46. The van der Waals surface area contributed by atoms with Crippen LogP contribution >= 0.6 is 0 Å². The van der Waals surface area contributed by atoms with E-state index in [2.05, 4.69) is 59.9 Å². The highest BCUT2D eigenvalue weighted by atomic mass is 15.1. The molecule has 3 nitrogen and oxygen atoms in total. The number of hydrogen-bond donors (Lipinski definition) is 1. The lowest BCUT2D eigenvalue weighted by Gasteiger charge is -2.14. The molecule has 0 aliphatic heterocycles. The van der Waals surface area contributed by atoms with Crippen molar-refractivity contribution in [3.8, 4) is 11.3 Å². The number of hydrogen-bond acceptors (Lipinski definition) is 2. The molecule has 1 aromatic heterocycles. The maximum atomic E-state index is 4.24. The van der Waals surface area contributed by atoms with Gasteiger partial charge in [-0.25, -0.2) is 4.98 Å². The molecule has 1 atom stereocenters. The van der Waals surface area contributed by atoms with Crippen LogP contribution in [-0.4, -0.2) is 16.6 Å². The molecule has 1 aromatic carbocycles. The molecule has 1 N–H and O–H groups in total. The van der Waals surface area contributed by atoms with E-state index in [0.29, 0.717) is 12.1 Å². The molecule has 0 spiro atoms. The molecule has 1 unspecified atom stereocenters. The number of rotatable bonds is 4. The summed E-state index contributed by atoms with van der Waals surface area (Å²) in [5.74, 6) is 0. The van der Waals surface area contributed by atoms with E-state index in [9.17, 15) is 0 Å². The Kier molecular flexibility index (Phi) is 3.82. The van der Waals surface area contributed by atoms with Crippen molar-refractivity contribution in [1.29, 1.82) is 0 Å². The molecule has 18 heavy (non-hydrogen) atoms. The van der Waals surface area contributed by atoms with E-state index < -0.39 is 0 Å². The Bertz CT molecular complexity index is 497. The molecule has 96 valence electrons. The average Bonchev–Trinajstić information content (AvgIpc) is 2.87. The lowest BCUT2D eigenvalue weighted by Crippen LogP contribution is -2.11. The zero-order chi connectivity index (χ0) is 13.1. The Hall–Kier alpha value is -1.61. The molecule has 0 saturated carbocycles.